The number of rotatable bonds is 3. The molecule has 0 amide bonds. The van der Waals surface area contributed by atoms with Crippen molar-refractivity contribution in [2.45, 2.75) is 13.0 Å². The number of para-hydroxylation sites is 2. The molecule has 21 heavy (non-hydrogen) atoms. The van der Waals surface area contributed by atoms with Crippen LogP contribution in [0.4, 0.5) is 5.69 Å². The number of benzene rings is 2. The molecular weight excluding hydrogens is 350 g/mol. The van der Waals surface area contributed by atoms with Crippen molar-refractivity contribution < 1.29 is 0 Å². The highest BCUT2D eigenvalue weighted by molar-refractivity contribution is 9.10. The summed E-state index contributed by atoms with van der Waals surface area (Å²) in [6.45, 7) is 2.09. The zero-order chi connectivity index (χ0) is 15.0. The number of fused-ring (bicyclic) bond motifs is 1. The minimum absolute atomic E-state index is 0.0830. The number of halogens is 2. The standard InChI is InChI=1S/C16H15BrClN3/c1-10(19-11-7-8-12(17)13(18)9-11)16-20-14-5-3-4-6-15(14)21(16)2/h3-10,19H,1-2H3. The van der Waals surface area contributed by atoms with Gasteiger partial charge in [0.2, 0.25) is 0 Å². The van der Waals surface area contributed by atoms with Crippen molar-refractivity contribution in [3.63, 3.8) is 0 Å². The second-order valence-corrected chi connectivity index (χ2v) is 6.27. The Bertz CT molecular complexity index is 797. The van der Waals surface area contributed by atoms with Crippen LogP contribution < -0.4 is 5.32 Å². The molecule has 0 aliphatic rings. The summed E-state index contributed by atoms with van der Waals surface area (Å²) >= 11 is 9.53. The molecule has 1 unspecified atom stereocenters. The molecule has 0 fully saturated rings. The van der Waals surface area contributed by atoms with E-state index in [0.29, 0.717) is 5.02 Å². The fourth-order valence-corrected chi connectivity index (χ4v) is 2.88. The molecule has 1 aromatic heterocycles. The van der Waals surface area contributed by atoms with E-state index in [2.05, 4.69) is 38.8 Å². The summed E-state index contributed by atoms with van der Waals surface area (Å²) in [6.07, 6.45) is 0. The first kappa shape index (κ1) is 14.4. The van der Waals surface area contributed by atoms with Crippen LogP contribution >= 0.6 is 27.5 Å². The smallest absolute Gasteiger partial charge is 0.131 e. The van der Waals surface area contributed by atoms with Gasteiger partial charge in [-0.1, -0.05) is 23.7 Å². The van der Waals surface area contributed by atoms with Crippen molar-refractivity contribution >= 4 is 44.3 Å². The second-order valence-electron chi connectivity index (χ2n) is 5.01. The molecule has 1 heterocycles. The lowest BCUT2D eigenvalue weighted by Crippen LogP contribution is -2.12. The van der Waals surface area contributed by atoms with Gasteiger partial charge in [-0.3, -0.25) is 0 Å². The molecule has 1 atom stereocenters. The maximum atomic E-state index is 6.13. The first-order valence-electron chi connectivity index (χ1n) is 6.69. The number of hydrogen-bond acceptors (Lipinski definition) is 2. The highest BCUT2D eigenvalue weighted by Gasteiger charge is 2.14. The summed E-state index contributed by atoms with van der Waals surface area (Å²) in [5.41, 5.74) is 3.12. The quantitative estimate of drug-likeness (QED) is 0.695. The lowest BCUT2D eigenvalue weighted by molar-refractivity contribution is 0.734. The summed E-state index contributed by atoms with van der Waals surface area (Å²) in [7, 11) is 2.04. The average Bonchev–Trinajstić information content (AvgIpc) is 2.81. The summed E-state index contributed by atoms with van der Waals surface area (Å²) < 4.78 is 3.01. The zero-order valence-electron chi connectivity index (χ0n) is 11.8. The molecule has 3 aromatic rings. The van der Waals surface area contributed by atoms with Gasteiger partial charge < -0.3 is 9.88 Å². The number of nitrogens with one attached hydrogen (secondary N) is 1. The van der Waals surface area contributed by atoms with Crippen molar-refractivity contribution in [3.8, 4) is 0 Å². The molecule has 0 saturated carbocycles. The summed E-state index contributed by atoms with van der Waals surface area (Å²) in [5.74, 6) is 0.996. The van der Waals surface area contributed by atoms with Gasteiger partial charge in [-0.15, -0.1) is 0 Å². The molecule has 3 rings (SSSR count). The lowest BCUT2D eigenvalue weighted by Gasteiger charge is -2.15. The topological polar surface area (TPSA) is 29.9 Å². The van der Waals surface area contributed by atoms with E-state index in [1.165, 1.54) is 0 Å². The molecule has 0 spiro atoms. The van der Waals surface area contributed by atoms with Gasteiger partial charge in [-0.05, 0) is 53.2 Å². The van der Waals surface area contributed by atoms with E-state index in [-0.39, 0.29) is 6.04 Å². The summed E-state index contributed by atoms with van der Waals surface area (Å²) in [6, 6.07) is 14.1. The number of aromatic nitrogens is 2. The van der Waals surface area contributed by atoms with E-state index >= 15 is 0 Å². The van der Waals surface area contributed by atoms with Crippen LogP contribution in [0.25, 0.3) is 11.0 Å². The lowest BCUT2D eigenvalue weighted by atomic mass is 10.2. The first-order valence-corrected chi connectivity index (χ1v) is 7.86. The number of hydrogen-bond donors (Lipinski definition) is 1. The normalized spacial score (nSPS) is 12.6. The maximum Gasteiger partial charge on any atom is 0.131 e. The molecular formula is C16H15BrClN3. The Balaban J connectivity index is 1.91. The van der Waals surface area contributed by atoms with Crippen LogP contribution in [0.15, 0.2) is 46.9 Å². The maximum absolute atomic E-state index is 6.13. The SMILES string of the molecule is CC(Nc1ccc(Br)c(Cl)c1)c1nc2ccccc2n1C. The molecule has 0 radical (unpaired) electrons. The van der Waals surface area contributed by atoms with Crippen molar-refractivity contribution in [3.05, 3.63) is 57.8 Å². The molecule has 1 N–H and O–H groups in total. The molecule has 0 saturated heterocycles. The Hall–Kier alpha value is -1.52. The van der Waals surface area contributed by atoms with Crippen LogP contribution in [0, 0.1) is 0 Å². The minimum atomic E-state index is 0.0830. The van der Waals surface area contributed by atoms with Crippen LogP contribution in [0.3, 0.4) is 0 Å². The van der Waals surface area contributed by atoms with Crippen molar-refractivity contribution in [2.75, 3.05) is 5.32 Å². The third kappa shape index (κ3) is 2.78. The molecule has 0 bridgehead atoms. The van der Waals surface area contributed by atoms with E-state index in [0.717, 1.165) is 27.0 Å². The van der Waals surface area contributed by atoms with Crippen molar-refractivity contribution in [1.82, 2.24) is 9.55 Å². The van der Waals surface area contributed by atoms with Crippen LogP contribution in [0.1, 0.15) is 18.8 Å². The Kier molecular flexibility index (Phi) is 3.91. The van der Waals surface area contributed by atoms with Crippen molar-refractivity contribution in [1.29, 1.82) is 0 Å². The minimum Gasteiger partial charge on any atom is -0.375 e. The predicted molar refractivity (Wildman–Crippen MR) is 91.9 cm³/mol. The highest BCUT2D eigenvalue weighted by atomic mass is 79.9. The van der Waals surface area contributed by atoms with Gasteiger partial charge in [0, 0.05) is 17.2 Å². The van der Waals surface area contributed by atoms with Gasteiger partial charge in [0.25, 0.3) is 0 Å². The molecule has 3 nitrogen and oxygen atoms in total. The number of nitrogens with zero attached hydrogens (tertiary/aromatic N) is 2. The van der Waals surface area contributed by atoms with Gasteiger partial charge in [0.15, 0.2) is 0 Å². The third-order valence-corrected chi connectivity index (χ3v) is 4.74. The van der Waals surface area contributed by atoms with Gasteiger partial charge >= 0.3 is 0 Å². The fraction of sp³-hybridized carbons (Fsp3) is 0.188. The molecule has 5 heteroatoms. The monoisotopic (exact) mass is 363 g/mol. The Morgan fingerprint density at radius 2 is 2.00 bits per heavy atom. The highest BCUT2D eigenvalue weighted by Crippen LogP contribution is 2.28. The molecule has 0 aliphatic carbocycles. The van der Waals surface area contributed by atoms with Crippen LogP contribution in [-0.2, 0) is 7.05 Å². The van der Waals surface area contributed by atoms with E-state index in [1.54, 1.807) is 0 Å². The van der Waals surface area contributed by atoms with E-state index < -0.39 is 0 Å². The number of imidazole rings is 1. The average molecular weight is 365 g/mol. The van der Waals surface area contributed by atoms with Gasteiger partial charge in [0.05, 0.1) is 22.1 Å². The van der Waals surface area contributed by atoms with Crippen molar-refractivity contribution in [2.24, 2.45) is 7.05 Å². The second kappa shape index (κ2) is 5.70. The predicted octanol–water partition coefficient (Wildman–Crippen LogP) is 5.16. The number of anilines is 1. The van der Waals surface area contributed by atoms with Gasteiger partial charge in [0.1, 0.15) is 5.82 Å². The van der Waals surface area contributed by atoms with E-state index in [1.807, 2.05) is 43.4 Å². The fourth-order valence-electron chi connectivity index (χ4n) is 2.45. The van der Waals surface area contributed by atoms with E-state index in [4.69, 9.17) is 16.6 Å². The Morgan fingerprint density at radius 3 is 2.71 bits per heavy atom. The zero-order valence-corrected chi connectivity index (χ0v) is 14.1. The first-order chi connectivity index (χ1) is 10.1. The Morgan fingerprint density at radius 1 is 1.24 bits per heavy atom. The van der Waals surface area contributed by atoms with Crippen LogP contribution in [0.5, 0.6) is 0 Å². The van der Waals surface area contributed by atoms with Gasteiger partial charge in [-0.2, -0.15) is 0 Å². The summed E-state index contributed by atoms with van der Waals surface area (Å²) in [5, 5.41) is 4.13. The number of aryl methyl sites for hydroxylation is 1. The molecule has 0 aliphatic heterocycles. The van der Waals surface area contributed by atoms with Crippen LogP contribution in [0.2, 0.25) is 5.02 Å². The Labute approximate surface area is 137 Å². The molecule has 108 valence electrons. The molecule has 2 aromatic carbocycles. The van der Waals surface area contributed by atoms with Crippen LogP contribution in [-0.4, -0.2) is 9.55 Å². The van der Waals surface area contributed by atoms with Gasteiger partial charge in [-0.25, -0.2) is 4.98 Å². The summed E-state index contributed by atoms with van der Waals surface area (Å²) in [4.78, 5) is 4.71. The van der Waals surface area contributed by atoms with E-state index in [9.17, 15) is 0 Å². The third-order valence-electron chi connectivity index (χ3n) is 3.51. The largest absolute Gasteiger partial charge is 0.375 e.